The van der Waals surface area contributed by atoms with Crippen LogP contribution in [0.5, 0.6) is 0 Å². The van der Waals surface area contributed by atoms with Crippen LogP contribution in [0.2, 0.25) is 0 Å². The fourth-order valence-corrected chi connectivity index (χ4v) is 2.74. The quantitative estimate of drug-likeness (QED) is 0.307. The SMILES string of the molecule is CCCCOC(=O)C(=O)COC(=O)C1CC2C=CC1C2. The molecule has 0 radical (unpaired) electrons. The molecule has 110 valence electrons. The van der Waals surface area contributed by atoms with Crippen molar-refractivity contribution in [1.29, 1.82) is 0 Å². The highest BCUT2D eigenvalue weighted by Gasteiger charge is 2.41. The minimum Gasteiger partial charge on any atom is -0.460 e. The second-order valence-corrected chi connectivity index (χ2v) is 5.41. The van der Waals surface area contributed by atoms with E-state index in [1.165, 1.54) is 0 Å². The van der Waals surface area contributed by atoms with E-state index in [-0.39, 0.29) is 24.4 Å². The Balaban J connectivity index is 1.69. The maximum atomic E-state index is 11.9. The molecule has 3 unspecified atom stereocenters. The van der Waals surface area contributed by atoms with Crippen LogP contribution in [0.1, 0.15) is 32.6 Å². The van der Waals surface area contributed by atoms with Gasteiger partial charge in [0.25, 0.3) is 5.78 Å². The van der Waals surface area contributed by atoms with Crippen LogP contribution < -0.4 is 0 Å². The molecular weight excluding hydrogens is 260 g/mol. The molecule has 0 amide bonds. The summed E-state index contributed by atoms with van der Waals surface area (Å²) in [5.41, 5.74) is 0. The Bertz CT molecular complexity index is 426. The number of ketones is 1. The summed E-state index contributed by atoms with van der Waals surface area (Å²) in [7, 11) is 0. The Morgan fingerprint density at radius 2 is 1.95 bits per heavy atom. The number of carbonyl (C=O) groups is 3. The normalized spacial score (nSPS) is 26.6. The average molecular weight is 280 g/mol. The van der Waals surface area contributed by atoms with Crippen molar-refractivity contribution in [2.75, 3.05) is 13.2 Å². The van der Waals surface area contributed by atoms with Gasteiger partial charge in [0.05, 0.1) is 12.5 Å². The van der Waals surface area contributed by atoms with Crippen molar-refractivity contribution < 1.29 is 23.9 Å². The molecule has 0 N–H and O–H groups in total. The first-order valence-corrected chi connectivity index (χ1v) is 7.16. The minimum atomic E-state index is -0.918. The van der Waals surface area contributed by atoms with Crippen molar-refractivity contribution in [2.24, 2.45) is 17.8 Å². The smallest absolute Gasteiger partial charge is 0.378 e. The lowest BCUT2D eigenvalue weighted by atomic mass is 9.94. The molecule has 0 spiro atoms. The number of esters is 2. The average Bonchev–Trinajstić information content (AvgIpc) is 3.07. The fraction of sp³-hybridized carbons (Fsp3) is 0.667. The van der Waals surface area contributed by atoms with Gasteiger partial charge in [-0.05, 0) is 31.1 Å². The van der Waals surface area contributed by atoms with Gasteiger partial charge in [0.2, 0.25) is 0 Å². The molecule has 1 fully saturated rings. The summed E-state index contributed by atoms with van der Waals surface area (Å²) in [5, 5.41) is 0. The van der Waals surface area contributed by atoms with Gasteiger partial charge >= 0.3 is 11.9 Å². The van der Waals surface area contributed by atoms with Crippen molar-refractivity contribution in [3.05, 3.63) is 12.2 Å². The number of Topliss-reactive ketones (excluding diaryl/α,β-unsaturated/α-hetero) is 1. The molecule has 2 rings (SSSR count). The molecule has 0 aliphatic heterocycles. The molecule has 5 heteroatoms. The molecule has 2 bridgehead atoms. The lowest BCUT2D eigenvalue weighted by molar-refractivity contribution is -0.160. The first-order chi connectivity index (χ1) is 9.61. The number of unbranched alkanes of at least 4 members (excludes halogenated alkanes) is 1. The van der Waals surface area contributed by atoms with Crippen LogP contribution in [-0.2, 0) is 23.9 Å². The van der Waals surface area contributed by atoms with Gasteiger partial charge in [-0.25, -0.2) is 4.79 Å². The lowest BCUT2D eigenvalue weighted by Gasteiger charge is -2.16. The second-order valence-electron chi connectivity index (χ2n) is 5.41. The monoisotopic (exact) mass is 280 g/mol. The summed E-state index contributed by atoms with van der Waals surface area (Å²) in [6.45, 7) is 1.68. The van der Waals surface area contributed by atoms with Gasteiger partial charge < -0.3 is 9.47 Å². The van der Waals surface area contributed by atoms with E-state index in [1.54, 1.807) is 0 Å². The molecule has 0 aromatic carbocycles. The Kier molecular flexibility index (Phi) is 4.93. The number of ether oxygens (including phenoxy) is 2. The molecule has 2 aliphatic carbocycles. The molecule has 3 atom stereocenters. The highest BCUT2D eigenvalue weighted by molar-refractivity contribution is 6.34. The zero-order valence-corrected chi connectivity index (χ0v) is 11.7. The van der Waals surface area contributed by atoms with Crippen LogP contribution in [-0.4, -0.2) is 30.9 Å². The Morgan fingerprint density at radius 1 is 1.15 bits per heavy atom. The molecule has 2 aliphatic rings. The molecular formula is C15H20O5. The molecule has 0 aromatic heterocycles. The summed E-state index contributed by atoms with van der Waals surface area (Å²) in [6, 6.07) is 0. The van der Waals surface area contributed by atoms with E-state index >= 15 is 0 Å². The number of rotatable bonds is 7. The van der Waals surface area contributed by atoms with Gasteiger partial charge in [-0.3, -0.25) is 9.59 Å². The van der Waals surface area contributed by atoms with E-state index < -0.39 is 18.4 Å². The summed E-state index contributed by atoms with van der Waals surface area (Å²) in [6.07, 6.45) is 7.55. The molecule has 20 heavy (non-hydrogen) atoms. The highest BCUT2D eigenvalue weighted by atomic mass is 16.6. The summed E-state index contributed by atoms with van der Waals surface area (Å²) >= 11 is 0. The van der Waals surface area contributed by atoms with Crippen LogP contribution in [0.15, 0.2) is 12.2 Å². The Hall–Kier alpha value is -1.65. The van der Waals surface area contributed by atoms with E-state index in [1.807, 2.05) is 13.0 Å². The van der Waals surface area contributed by atoms with E-state index in [4.69, 9.17) is 9.47 Å². The van der Waals surface area contributed by atoms with Crippen molar-refractivity contribution in [1.82, 2.24) is 0 Å². The summed E-state index contributed by atoms with van der Waals surface area (Å²) < 4.78 is 9.71. The summed E-state index contributed by atoms with van der Waals surface area (Å²) in [5.74, 6) is -1.55. The molecule has 1 saturated carbocycles. The van der Waals surface area contributed by atoms with Gasteiger partial charge in [0, 0.05) is 0 Å². The maximum Gasteiger partial charge on any atom is 0.378 e. The van der Waals surface area contributed by atoms with Gasteiger partial charge in [-0.15, -0.1) is 0 Å². The van der Waals surface area contributed by atoms with Crippen LogP contribution >= 0.6 is 0 Å². The van der Waals surface area contributed by atoms with Gasteiger partial charge in [0.15, 0.2) is 6.61 Å². The first kappa shape index (κ1) is 14.8. The Labute approximate surface area is 118 Å². The number of carbonyl (C=O) groups excluding carboxylic acids is 3. The minimum absolute atomic E-state index is 0.158. The Morgan fingerprint density at radius 3 is 2.55 bits per heavy atom. The van der Waals surface area contributed by atoms with E-state index in [9.17, 15) is 14.4 Å². The van der Waals surface area contributed by atoms with Crippen LogP contribution in [0.25, 0.3) is 0 Å². The zero-order chi connectivity index (χ0) is 14.5. The third-order valence-corrected chi connectivity index (χ3v) is 3.89. The van der Waals surface area contributed by atoms with Gasteiger partial charge in [-0.1, -0.05) is 25.5 Å². The predicted octanol–water partition coefficient (Wildman–Crippen LogP) is 1.65. The number of hydrogen-bond acceptors (Lipinski definition) is 5. The van der Waals surface area contributed by atoms with Gasteiger partial charge in [0.1, 0.15) is 0 Å². The number of allylic oxidation sites excluding steroid dienone is 2. The highest BCUT2D eigenvalue weighted by Crippen LogP contribution is 2.43. The van der Waals surface area contributed by atoms with Crippen LogP contribution in [0, 0.1) is 17.8 Å². The van der Waals surface area contributed by atoms with E-state index in [0.29, 0.717) is 5.92 Å². The molecule has 0 heterocycles. The van der Waals surface area contributed by atoms with E-state index in [0.717, 1.165) is 25.7 Å². The van der Waals surface area contributed by atoms with Crippen molar-refractivity contribution in [3.8, 4) is 0 Å². The largest absolute Gasteiger partial charge is 0.460 e. The van der Waals surface area contributed by atoms with Crippen molar-refractivity contribution >= 4 is 17.7 Å². The predicted molar refractivity (Wildman–Crippen MR) is 70.7 cm³/mol. The molecule has 5 nitrogen and oxygen atoms in total. The fourth-order valence-electron chi connectivity index (χ4n) is 2.74. The standard InChI is InChI=1S/C15H20O5/c1-2-3-6-19-15(18)13(16)9-20-14(17)12-8-10-4-5-11(12)7-10/h4-5,10-12H,2-3,6-9H2,1H3. The van der Waals surface area contributed by atoms with Crippen molar-refractivity contribution in [2.45, 2.75) is 32.6 Å². The van der Waals surface area contributed by atoms with Crippen LogP contribution in [0.3, 0.4) is 0 Å². The second kappa shape index (κ2) is 6.68. The molecule has 0 aromatic rings. The van der Waals surface area contributed by atoms with Crippen LogP contribution in [0.4, 0.5) is 0 Å². The first-order valence-electron chi connectivity index (χ1n) is 7.16. The van der Waals surface area contributed by atoms with Gasteiger partial charge in [-0.2, -0.15) is 0 Å². The number of hydrogen-bond donors (Lipinski definition) is 0. The molecule has 0 saturated heterocycles. The van der Waals surface area contributed by atoms with E-state index in [2.05, 4.69) is 6.08 Å². The topological polar surface area (TPSA) is 69.7 Å². The van der Waals surface area contributed by atoms with Crippen molar-refractivity contribution in [3.63, 3.8) is 0 Å². The third-order valence-electron chi connectivity index (χ3n) is 3.89. The number of fused-ring (bicyclic) bond motifs is 2. The third kappa shape index (κ3) is 3.46. The zero-order valence-electron chi connectivity index (χ0n) is 11.7. The lowest BCUT2D eigenvalue weighted by Crippen LogP contribution is -2.28. The maximum absolute atomic E-state index is 11.9. The summed E-state index contributed by atoms with van der Waals surface area (Å²) in [4.78, 5) is 34.6.